The molecule has 0 spiro atoms. The summed E-state index contributed by atoms with van der Waals surface area (Å²) in [5.41, 5.74) is 1.91. The maximum atomic E-state index is 10.1. The van der Waals surface area contributed by atoms with Crippen LogP contribution in [0.3, 0.4) is 0 Å². The molecule has 0 fully saturated rings. The van der Waals surface area contributed by atoms with Crippen molar-refractivity contribution >= 4 is 0 Å². The summed E-state index contributed by atoms with van der Waals surface area (Å²) in [6, 6.07) is 14.4. The van der Waals surface area contributed by atoms with Gasteiger partial charge in [0.25, 0.3) is 0 Å². The fourth-order valence-corrected chi connectivity index (χ4v) is 1.91. The molecule has 0 aliphatic rings. The molecule has 2 rings (SSSR count). The minimum Gasteiger partial charge on any atom is -0.508 e. The number of phenolic OH excluding ortho intramolecular Hbond substituents is 1. The van der Waals surface area contributed by atoms with E-state index >= 15 is 0 Å². The summed E-state index contributed by atoms with van der Waals surface area (Å²) in [5, 5.41) is 22.4. The lowest BCUT2D eigenvalue weighted by Gasteiger charge is -2.13. The van der Waals surface area contributed by atoms with E-state index in [9.17, 15) is 10.2 Å². The number of aliphatic hydroxyl groups excluding tert-OH is 1. The third-order valence-electron chi connectivity index (χ3n) is 3.10. The van der Waals surface area contributed by atoms with Crippen LogP contribution >= 0.6 is 0 Å². The lowest BCUT2D eigenvalue weighted by atomic mass is 10.1. The molecule has 2 aromatic rings. The standard InChI is InChI=1S/C16H19NO3/c1-20-15-8-4-13(5-9-15)16(19)11-17-10-12-2-6-14(18)7-3-12/h2-9,16-19H,10-11H2,1H3. The third kappa shape index (κ3) is 3.98. The lowest BCUT2D eigenvalue weighted by Crippen LogP contribution is -2.21. The number of aliphatic hydroxyl groups is 1. The van der Waals surface area contributed by atoms with Gasteiger partial charge >= 0.3 is 0 Å². The van der Waals surface area contributed by atoms with Gasteiger partial charge in [-0.2, -0.15) is 0 Å². The third-order valence-corrected chi connectivity index (χ3v) is 3.10. The molecule has 0 aliphatic heterocycles. The average Bonchev–Trinajstić information content (AvgIpc) is 2.49. The number of methoxy groups -OCH3 is 1. The van der Waals surface area contributed by atoms with Crippen molar-refractivity contribution in [2.45, 2.75) is 12.6 Å². The molecule has 0 radical (unpaired) electrons. The van der Waals surface area contributed by atoms with Crippen LogP contribution in [0, 0.1) is 0 Å². The molecule has 1 atom stereocenters. The van der Waals surface area contributed by atoms with Crippen LogP contribution in [-0.2, 0) is 6.54 Å². The summed E-state index contributed by atoms with van der Waals surface area (Å²) >= 11 is 0. The van der Waals surface area contributed by atoms with Gasteiger partial charge in [-0.1, -0.05) is 24.3 Å². The van der Waals surface area contributed by atoms with E-state index in [-0.39, 0.29) is 5.75 Å². The summed E-state index contributed by atoms with van der Waals surface area (Å²) in [6.45, 7) is 1.11. The Labute approximate surface area is 118 Å². The summed E-state index contributed by atoms with van der Waals surface area (Å²) in [5.74, 6) is 1.03. The predicted octanol–water partition coefficient (Wildman–Crippen LogP) is 2.22. The molecule has 0 saturated heterocycles. The Balaban J connectivity index is 1.82. The van der Waals surface area contributed by atoms with E-state index in [4.69, 9.17) is 4.74 Å². The maximum Gasteiger partial charge on any atom is 0.118 e. The summed E-state index contributed by atoms with van der Waals surface area (Å²) in [4.78, 5) is 0. The molecule has 0 amide bonds. The lowest BCUT2D eigenvalue weighted by molar-refractivity contribution is 0.174. The Morgan fingerprint density at radius 3 is 2.30 bits per heavy atom. The van der Waals surface area contributed by atoms with Crippen LogP contribution in [0.4, 0.5) is 0 Å². The van der Waals surface area contributed by atoms with Gasteiger partial charge in [0.1, 0.15) is 11.5 Å². The molecule has 2 aromatic carbocycles. The smallest absolute Gasteiger partial charge is 0.118 e. The van der Waals surface area contributed by atoms with Gasteiger partial charge in [-0.15, -0.1) is 0 Å². The summed E-state index contributed by atoms with van der Waals surface area (Å²) in [7, 11) is 1.62. The van der Waals surface area contributed by atoms with Crippen LogP contribution in [0.25, 0.3) is 0 Å². The number of ether oxygens (including phenoxy) is 1. The van der Waals surface area contributed by atoms with Crippen LogP contribution in [-0.4, -0.2) is 23.9 Å². The van der Waals surface area contributed by atoms with Crippen molar-refractivity contribution in [3.8, 4) is 11.5 Å². The number of hydrogen-bond acceptors (Lipinski definition) is 4. The molecule has 0 bridgehead atoms. The number of phenols is 1. The van der Waals surface area contributed by atoms with E-state index in [0.29, 0.717) is 13.1 Å². The van der Waals surface area contributed by atoms with Gasteiger partial charge in [0.15, 0.2) is 0 Å². The van der Waals surface area contributed by atoms with Crippen LogP contribution < -0.4 is 10.1 Å². The van der Waals surface area contributed by atoms with Crippen LogP contribution in [0.15, 0.2) is 48.5 Å². The first-order valence-corrected chi connectivity index (χ1v) is 6.49. The van der Waals surface area contributed by atoms with Gasteiger partial charge < -0.3 is 20.3 Å². The van der Waals surface area contributed by atoms with Gasteiger partial charge in [0.05, 0.1) is 13.2 Å². The zero-order chi connectivity index (χ0) is 14.4. The number of hydrogen-bond donors (Lipinski definition) is 3. The fourth-order valence-electron chi connectivity index (χ4n) is 1.91. The Morgan fingerprint density at radius 2 is 1.70 bits per heavy atom. The zero-order valence-corrected chi connectivity index (χ0v) is 11.4. The van der Waals surface area contributed by atoms with Crippen molar-refractivity contribution in [1.82, 2.24) is 5.32 Å². The molecule has 3 N–H and O–H groups in total. The number of rotatable bonds is 6. The second-order valence-electron chi connectivity index (χ2n) is 4.59. The van der Waals surface area contributed by atoms with Crippen LogP contribution in [0.1, 0.15) is 17.2 Å². The minimum absolute atomic E-state index is 0.256. The SMILES string of the molecule is COc1ccc(C(O)CNCc2ccc(O)cc2)cc1. The second-order valence-corrected chi connectivity index (χ2v) is 4.59. The van der Waals surface area contributed by atoms with E-state index < -0.39 is 6.10 Å². The van der Waals surface area contributed by atoms with E-state index in [1.54, 1.807) is 19.2 Å². The van der Waals surface area contributed by atoms with E-state index in [1.165, 1.54) is 0 Å². The molecule has 4 nitrogen and oxygen atoms in total. The molecular weight excluding hydrogens is 254 g/mol. The highest BCUT2D eigenvalue weighted by atomic mass is 16.5. The first kappa shape index (κ1) is 14.4. The van der Waals surface area contributed by atoms with Gasteiger partial charge in [-0.05, 0) is 35.4 Å². The normalized spacial score (nSPS) is 12.1. The quantitative estimate of drug-likeness (QED) is 0.755. The van der Waals surface area contributed by atoms with Gasteiger partial charge in [0.2, 0.25) is 0 Å². The van der Waals surface area contributed by atoms with E-state index in [0.717, 1.165) is 16.9 Å². The molecule has 0 heterocycles. The highest BCUT2D eigenvalue weighted by Crippen LogP contribution is 2.17. The molecule has 0 aromatic heterocycles. The molecular formula is C16H19NO3. The van der Waals surface area contributed by atoms with Gasteiger partial charge in [0, 0.05) is 13.1 Å². The predicted molar refractivity (Wildman–Crippen MR) is 77.8 cm³/mol. The van der Waals surface area contributed by atoms with Crippen molar-refractivity contribution in [1.29, 1.82) is 0 Å². The number of nitrogens with one attached hydrogen (secondary N) is 1. The topological polar surface area (TPSA) is 61.7 Å². The zero-order valence-electron chi connectivity index (χ0n) is 11.4. The van der Waals surface area contributed by atoms with Gasteiger partial charge in [-0.25, -0.2) is 0 Å². The van der Waals surface area contributed by atoms with Crippen molar-refractivity contribution < 1.29 is 14.9 Å². The van der Waals surface area contributed by atoms with E-state index in [2.05, 4.69) is 5.32 Å². The fraction of sp³-hybridized carbons (Fsp3) is 0.250. The molecule has 0 saturated carbocycles. The monoisotopic (exact) mass is 273 g/mol. The largest absolute Gasteiger partial charge is 0.508 e. The molecule has 4 heteroatoms. The van der Waals surface area contributed by atoms with E-state index in [1.807, 2.05) is 36.4 Å². The maximum absolute atomic E-state index is 10.1. The first-order chi connectivity index (χ1) is 9.69. The average molecular weight is 273 g/mol. The van der Waals surface area contributed by atoms with Crippen molar-refractivity contribution in [2.24, 2.45) is 0 Å². The number of benzene rings is 2. The van der Waals surface area contributed by atoms with Crippen LogP contribution in [0.5, 0.6) is 11.5 Å². The Hall–Kier alpha value is -2.04. The summed E-state index contributed by atoms with van der Waals surface area (Å²) in [6.07, 6.45) is -0.557. The highest BCUT2D eigenvalue weighted by molar-refractivity contribution is 5.29. The minimum atomic E-state index is -0.557. The second kappa shape index (κ2) is 6.93. The summed E-state index contributed by atoms with van der Waals surface area (Å²) < 4.78 is 5.08. The first-order valence-electron chi connectivity index (χ1n) is 6.49. The molecule has 20 heavy (non-hydrogen) atoms. The molecule has 0 aliphatic carbocycles. The van der Waals surface area contributed by atoms with Crippen LogP contribution in [0.2, 0.25) is 0 Å². The molecule has 106 valence electrons. The van der Waals surface area contributed by atoms with Crippen molar-refractivity contribution in [2.75, 3.05) is 13.7 Å². The molecule has 1 unspecified atom stereocenters. The van der Waals surface area contributed by atoms with Crippen molar-refractivity contribution in [3.63, 3.8) is 0 Å². The Morgan fingerprint density at radius 1 is 1.05 bits per heavy atom. The van der Waals surface area contributed by atoms with Crippen molar-refractivity contribution in [3.05, 3.63) is 59.7 Å². The van der Waals surface area contributed by atoms with Gasteiger partial charge in [-0.3, -0.25) is 0 Å². The number of aromatic hydroxyl groups is 1. The highest BCUT2D eigenvalue weighted by Gasteiger charge is 2.07. The Bertz CT molecular complexity index is 522. The Kier molecular flexibility index (Phi) is 4.98.